The number of non-ortho nitro benzene ring substituents is 1. The van der Waals surface area contributed by atoms with Crippen molar-refractivity contribution in [3.05, 3.63) is 200 Å². The number of aromatic hydroxyl groups is 1. The van der Waals surface area contributed by atoms with Crippen LogP contribution in [0.25, 0.3) is 21.8 Å². The van der Waals surface area contributed by atoms with Crippen molar-refractivity contribution >= 4 is 79.6 Å². The van der Waals surface area contributed by atoms with Gasteiger partial charge in [0.1, 0.15) is 46.4 Å². The molecule has 2 aromatic heterocycles. The molecule has 23 heteroatoms. The summed E-state index contributed by atoms with van der Waals surface area (Å²) in [6.45, 7) is -0.579. The van der Waals surface area contributed by atoms with Crippen molar-refractivity contribution in [3.8, 4) is 17.2 Å². The minimum atomic E-state index is -1.04. The third-order valence-electron chi connectivity index (χ3n) is 8.95. The summed E-state index contributed by atoms with van der Waals surface area (Å²) >= 11 is 22.8. The Hall–Kier alpha value is -6.93. The Morgan fingerprint density at radius 2 is 1.06 bits per heavy atom. The Balaban J connectivity index is 0.000000178. The summed E-state index contributed by atoms with van der Waals surface area (Å²) in [4.78, 5) is 40.8. The summed E-state index contributed by atoms with van der Waals surface area (Å²) in [5.74, 6) is -6.75. The summed E-state index contributed by atoms with van der Waals surface area (Å²) in [5, 5.41) is 19.5. The quantitative estimate of drug-likeness (QED) is 0.0519. The van der Waals surface area contributed by atoms with Gasteiger partial charge in [0.05, 0.1) is 72.6 Å². The third kappa shape index (κ3) is 11.1. The highest BCUT2D eigenvalue weighted by Gasteiger charge is 2.18. The van der Waals surface area contributed by atoms with E-state index in [1.54, 1.807) is 0 Å². The predicted octanol–water partition coefficient (Wildman–Crippen LogP) is 11.2. The fraction of sp³-hybridized carbons (Fsp3) is 0.0476. The molecular formula is C42H23Cl4F7N6O6. The van der Waals surface area contributed by atoms with E-state index < -0.39 is 56.8 Å². The van der Waals surface area contributed by atoms with Crippen molar-refractivity contribution < 1.29 is 45.5 Å². The molecule has 334 valence electrons. The SMILES string of the molecule is Nc1cc(Cl)c(Oc2ccc3c(c2)c(=O)ncn3Cc2c(F)cc(F)cc2F)c(Cl)c1.O=[N+]([O-])c1cc(Cl)c(F)c(Cl)c1.O=c1ncn(Cc2c(F)cc(F)cc2F)c2ccc(O)cc12. The van der Waals surface area contributed by atoms with Crippen molar-refractivity contribution in [2.45, 2.75) is 13.1 Å². The smallest absolute Gasteiger partial charge is 0.280 e. The molecule has 0 saturated heterocycles. The van der Waals surface area contributed by atoms with Gasteiger partial charge in [-0.05, 0) is 48.5 Å². The molecule has 0 aliphatic carbocycles. The van der Waals surface area contributed by atoms with E-state index in [2.05, 4.69) is 9.97 Å². The third-order valence-corrected chi connectivity index (χ3v) is 10.1. The Morgan fingerprint density at radius 1 is 0.631 bits per heavy atom. The second kappa shape index (κ2) is 19.9. The number of nitrogens with two attached hydrogens (primary N) is 1. The minimum absolute atomic E-state index is 0.116. The number of ether oxygens (including phenoxy) is 1. The number of benzene rings is 6. The second-order valence-corrected chi connectivity index (χ2v) is 15.0. The lowest BCUT2D eigenvalue weighted by molar-refractivity contribution is -0.384. The molecule has 8 aromatic rings. The van der Waals surface area contributed by atoms with Crippen molar-refractivity contribution in [1.82, 2.24) is 19.1 Å². The second-order valence-electron chi connectivity index (χ2n) is 13.3. The Morgan fingerprint density at radius 3 is 1.51 bits per heavy atom. The molecule has 3 N–H and O–H groups in total. The van der Waals surface area contributed by atoms with Crippen molar-refractivity contribution in [2.75, 3.05) is 5.73 Å². The number of halogens is 11. The number of hydrogen-bond donors (Lipinski definition) is 2. The van der Waals surface area contributed by atoms with E-state index in [1.165, 1.54) is 57.7 Å². The lowest BCUT2D eigenvalue weighted by Crippen LogP contribution is -2.14. The first-order valence-corrected chi connectivity index (χ1v) is 19.4. The highest BCUT2D eigenvalue weighted by molar-refractivity contribution is 6.37. The summed E-state index contributed by atoms with van der Waals surface area (Å²) in [6, 6.07) is 15.5. The number of aromatic nitrogens is 4. The summed E-state index contributed by atoms with van der Waals surface area (Å²) in [7, 11) is 0. The van der Waals surface area contributed by atoms with Crippen LogP contribution < -0.4 is 21.6 Å². The van der Waals surface area contributed by atoms with E-state index in [1.807, 2.05) is 0 Å². The molecule has 0 unspecified atom stereocenters. The van der Waals surface area contributed by atoms with Crippen LogP contribution in [0, 0.1) is 50.8 Å². The molecule has 6 aromatic carbocycles. The molecule has 0 fully saturated rings. The zero-order valence-corrected chi connectivity index (χ0v) is 35.1. The largest absolute Gasteiger partial charge is 0.508 e. The first kappa shape index (κ1) is 47.5. The summed E-state index contributed by atoms with van der Waals surface area (Å²) < 4.78 is 103. The van der Waals surface area contributed by atoms with Crippen molar-refractivity contribution in [1.29, 1.82) is 0 Å². The van der Waals surface area contributed by atoms with Gasteiger partial charge in [0.25, 0.3) is 16.8 Å². The number of hydrogen-bond acceptors (Lipinski definition) is 9. The number of phenolic OH excluding ortho intramolecular Hbond substituents is 1. The van der Waals surface area contributed by atoms with Gasteiger partial charge in [-0.25, -0.2) is 30.7 Å². The van der Waals surface area contributed by atoms with E-state index in [0.717, 1.165) is 24.8 Å². The van der Waals surface area contributed by atoms with Crippen LogP contribution in [0.2, 0.25) is 20.1 Å². The zero-order valence-electron chi connectivity index (χ0n) is 32.1. The molecule has 0 aliphatic heterocycles. The highest BCUT2D eigenvalue weighted by Crippen LogP contribution is 2.38. The highest BCUT2D eigenvalue weighted by atomic mass is 35.5. The Bertz CT molecular complexity index is 3220. The lowest BCUT2D eigenvalue weighted by atomic mass is 10.1. The molecule has 65 heavy (non-hydrogen) atoms. The average molecular weight is 982 g/mol. The van der Waals surface area contributed by atoms with Crippen LogP contribution in [-0.2, 0) is 13.1 Å². The number of nitrogens with zero attached hydrogens (tertiary/aromatic N) is 5. The molecular weight excluding hydrogens is 959 g/mol. The van der Waals surface area contributed by atoms with Gasteiger partial charge >= 0.3 is 0 Å². The normalized spacial score (nSPS) is 10.9. The number of phenols is 1. The van der Waals surface area contributed by atoms with Crippen LogP contribution >= 0.6 is 46.4 Å². The Labute approximate surface area is 379 Å². The maximum absolute atomic E-state index is 14.1. The number of nitro benzene ring substituents is 1. The van der Waals surface area contributed by atoms with Crippen LogP contribution in [-0.4, -0.2) is 29.1 Å². The number of nitro groups is 1. The summed E-state index contributed by atoms with van der Waals surface area (Å²) in [5.41, 5.74) is 4.53. The first-order chi connectivity index (χ1) is 30.7. The van der Waals surface area contributed by atoms with Gasteiger partial charge in [-0.1, -0.05) is 46.4 Å². The van der Waals surface area contributed by atoms with Crippen molar-refractivity contribution in [3.63, 3.8) is 0 Å². The van der Waals surface area contributed by atoms with Crippen LogP contribution in [0.5, 0.6) is 17.2 Å². The van der Waals surface area contributed by atoms with Crippen LogP contribution in [0.15, 0.2) is 107 Å². The molecule has 0 radical (unpaired) electrons. The van der Waals surface area contributed by atoms with Crippen LogP contribution in [0.4, 0.5) is 42.1 Å². The molecule has 0 amide bonds. The molecule has 0 spiro atoms. The maximum Gasteiger partial charge on any atom is 0.280 e. The monoisotopic (exact) mass is 980 g/mol. The minimum Gasteiger partial charge on any atom is -0.508 e. The molecule has 12 nitrogen and oxygen atoms in total. The average Bonchev–Trinajstić information content (AvgIpc) is 3.23. The molecule has 0 bridgehead atoms. The zero-order chi connectivity index (χ0) is 47.4. The van der Waals surface area contributed by atoms with E-state index in [0.29, 0.717) is 41.0 Å². The van der Waals surface area contributed by atoms with Gasteiger partial charge in [-0.15, -0.1) is 0 Å². The lowest BCUT2D eigenvalue weighted by Gasteiger charge is -2.14. The van der Waals surface area contributed by atoms with E-state index in [4.69, 9.17) is 56.9 Å². The Kier molecular flexibility index (Phi) is 14.5. The van der Waals surface area contributed by atoms with E-state index >= 15 is 0 Å². The molecule has 0 aliphatic rings. The molecule has 2 heterocycles. The van der Waals surface area contributed by atoms with Gasteiger partial charge in [-0.2, -0.15) is 9.97 Å². The first-order valence-electron chi connectivity index (χ1n) is 17.9. The van der Waals surface area contributed by atoms with Crippen LogP contribution in [0.1, 0.15) is 11.1 Å². The molecule has 8 rings (SSSR count). The van der Waals surface area contributed by atoms with Gasteiger partial charge in [-0.3, -0.25) is 19.7 Å². The van der Waals surface area contributed by atoms with E-state index in [-0.39, 0.29) is 78.0 Å². The fourth-order valence-corrected chi connectivity index (χ4v) is 6.99. The van der Waals surface area contributed by atoms with Gasteiger partial charge in [0.2, 0.25) is 0 Å². The van der Waals surface area contributed by atoms with Gasteiger partial charge in [0, 0.05) is 53.2 Å². The molecule has 0 atom stereocenters. The number of nitrogen functional groups attached to an aromatic ring is 1. The van der Waals surface area contributed by atoms with Gasteiger partial charge in [0.15, 0.2) is 11.6 Å². The van der Waals surface area contributed by atoms with E-state index in [9.17, 15) is 55.5 Å². The number of anilines is 1. The topological polar surface area (TPSA) is 168 Å². The summed E-state index contributed by atoms with van der Waals surface area (Å²) in [6.07, 6.45) is 2.30. The number of fused-ring (bicyclic) bond motifs is 2. The maximum atomic E-state index is 14.1. The van der Waals surface area contributed by atoms with Crippen LogP contribution in [0.3, 0.4) is 0 Å². The fourth-order valence-electron chi connectivity index (χ4n) is 5.94. The predicted molar refractivity (Wildman–Crippen MR) is 229 cm³/mol. The van der Waals surface area contributed by atoms with Crippen molar-refractivity contribution in [2.24, 2.45) is 0 Å². The molecule has 0 saturated carbocycles. The standard InChI is InChI=1S/C21H12Cl2F3N3O2.C15H9F3N2O2.C6H2Cl2FNO2/c22-15-5-11(27)6-16(23)20(15)31-12-1-2-19-13(7-12)21(30)28-9-29(19)8-14-17(25)3-10(24)4-18(14)26;16-8-3-12(17)11(13(18)4-8)6-20-7-19-15(22)10-5-9(21)1-2-14(10)20;7-4-1-3(10(11)12)2-5(8)6(4)9/h1-7,9H,8,27H2;1-5,7,21H,6H2;1-2H. The number of rotatable bonds is 7. The van der Waals surface area contributed by atoms with Gasteiger partial charge < -0.3 is 24.7 Å².